The third kappa shape index (κ3) is 6.31. The van der Waals surface area contributed by atoms with Gasteiger partial charge in [0.15, 0.2) is 11.5 Å². The number of rotatable bonds is 9. The molecule has 0 N–H and O–H groups in total. The number of halogens is 1. The largest absolute Gasteiger partial charge is 0.493 e. The van der Waals surface area contributed by atoms with Crippen LogP contribution in [-0.2, 0) is 11.2 Å². The lowest BCUT2D eigenvalue weighted by atomic mass is 9.86. The Kier molecular flexibility index (Phi) is 9.46. The molecule has 0 aromatic heterocycles. The Labute approximate surface area is 256 Å². The van der Waals surface area contributed by atoms with E-state index in [-0.39, 0.29) is 18.1 Å². The molecule has 1 unspecified atom stereocenters. The van der Waals surface area contributed by atoms with Crippen molar-refractivity contribution in [2.75, 3.05) is 39.2 Å². The molecule has 6 nitrogen and oxygen atoms in total. The van der Waals surface area contributed by atoms with Crippen LogP contribution in [0.3, 0.4) is 0 Å². The van der Waals surface area contributed by atoms with Gasteiger partial charge in [0.2, 0.25) is 5.91 Å². The summed E-state index contributed by atoms with van der Waals surface area (Å²) in [6.45, 7) is 8.63. The van der Waals surface area contributed by atoms with Crippen molar-refractivity contribution in [3.8, 4) is 11.5 Å². The first kappa shape index (κ1) is 30.4. The quantitative estimate of drug-likeness (QED) is 0.262. The number of anilines is 1. The normalized spacial score (nSPS) is 19.5. The fourth-order valence-corrected chi connectivity index (χ4v) is 6.41. The van der Waals surface area contributed by atoms with Crippen LogP contribution < -0.4 is 14.4 Å². The second-order valence-corrected chi connectivity index (χ2v) is 12.4. The van der Waals surface area contributed by atoms with E-state index in [4.69, 9.17) is 21.1 Å². The highest BCUT2D eigenvalue weighted by atomic mass is 35.5. The third-order valence-corrected chi connectivity index (χ3v) is 9.36. The first-order chi connectivity index (χ1) is 20.2. The molecule has 1 amide bonds. The van der Waals surface area contributed by atoms with Gasteiger partial charge in [0.05, 0.1) is 25.7 Å². The van der Waals surface area contributed by atoms with Gasteiger partial charge in [-0.25, -0.2) is 0 Å². The number of amides is 1. The molecule has 2 aliphatic heterocycles. The topological polar surface area (TPSA) is 45.3 Å². The van der Waals surface area contributed by atoms with E-state index < -0.39 is 0 Å². The molecular formula is C35H44ClN3O3. The van der Waals surface area contributed by atoms with Crippen molar-refractivity contribution in [2.45, 2.75) is 70.7 Å². The standard InChI is InChI=1S/C35H44ClN3O3/c1-7-23(2)42-33-22-31-27(20-32(33)41-6)21-34(40)39(35(31)26-8-12-28(36)13-9-26)30-14-10-25(11-15-30)24(3)38-18-16-29(17-19-38)37(4)5/h8-15,20,22-24,29,35H,7,16-19,21H2,1-6H3/t23?,24-,35-/m0/s1. The fourth-order valence-electron chi connectivity index (χ4n) is 6.29. The Hall–Kier alpha value is -3.06. The van der Waals surface area contributed by atoms with Gasteiger partial charge in [-0.2, -0.15) is 0 Å². The molecule has 2 aliphatic rings. The Morgan fingerprint density at radius 2 is 1.64 bits per heavy atom. The molecule has 5 rings (SSSR count). The maximum Gasteiger partial charge on any atom is 0.232 e. The van der Waals surface area contributed by atoms with Gasteiger partial charge in [-0.1, -0.05) is 42.8 Å². The van der Waals surface area contributed by atoms with Crippen molar-refractivity contribution in [3.63, 3.8) is 0 Å². The molecule has 1 fully saturated rings. The van der Waals surface area contributed by atoms with Gasteiger partial charge in [0, 0.05) is 35.9 Å². The lowest BCUT2D eigenvalue weighted by Crippen LogP contribution is -2.42. The maximum absolute atomic E-state index is 13.9. The van der Waals surface area contributed by atoms with E-state index in [1.165, 1.54) is 18.4 Å². The zero-order valence-electron chi connectivity index (χ0n) is 25.8. The predicted molar refractivity (Wildman–Crippen MR) is 171 cm³/mol. The number of nitrogens with zero attached hydrogens (tertiary/aromatic N) is 3. The van der Waals surface area contributed by atoms with Crippen LogP contribution in [-0.4, -0.2) is 62.1 Å². The first-order valence-electron chi connectivity index (χ1n) is 15.2. The average molecular weight is 590 g/mol. The number of hydrogen-bond donors (Lipinski definition) is 0. The number of ether oxygens (including phenoxy) is 2. The Morgan fingerprint density at radius 1 is 0.976 bits per heavy atom. The Bertz CT molecular complexity index is 1370. The Morgan fingerprint density at radius 3 is 2.24 bits per heavy atom. The monoisotopic (exact) mass is 589 g/mol. The number of likely N-dealkylation sites (tertiary alicyclic amines) is 1. The van der Waals surface area contributed by atoms with Crippen LogP contribution in [0.2, 0.25) is 5.02 Å². The smallest absolute Gasteiger partial charge is 0.232 e. The molecule has 2 heterocycles. The zero-order chi connectivity index (χ0) is 30.0. The van der Waals surface area contributed by atoms with Crippen molar-refractivity contribution in [3.05, 3.63) is 87.9 Å². The minimum atomic E-state index is -0.322. The summed E-state index contributed by atoms with van der Waals surface area (Å²) < 4.78 is 12.0. The average Bonchev–Trinajstić information content (AvgIpc) is 3.00. The van der Waals surface area contributed by atoms with Gasteiger partial charge < -0.3 is 19.3 Å². The maximum atomic E-state index is 13.9. The van der Waals surface area contributed by atoms with Gasteiger partial charge in [-0.3, -0.25) is 9.69 Å². The molecule has 1 saturated heterocycles. The summed E-state index contributed by atoms with van der Waals surface area (Å²) in [5.74, 6) is 1.39. The van der Waals surface area contributed by atoms with Gasteiger partial charge in [0.25, 0.3) is 0 Å². The summed E-state index contributed by atoms with van der Waals surface area (Å²) in [5.41, 5.74) is 5.14. The number of fused-ring (bicyclic) bond motifs is 1. The number of methoxy groups -OCH3 is 1. The number of benzene rings is 3. The number of carbonyl (C=O) groups is 1. The van der Waals surface area contributed by atoms with E-state index in [0.717, 1.165) is 41.9 Å². The van der Waals surface area contributed by atoms with Gasteiger partial charge in [-0.05, 0) is 106 Å². The first-order valence-corrected chi connectivity index (χ1v) is 15.5. The highest BCUT2D eigenvalue weighted by molar-refractivity contribution is 6.30. The van der Waals surface area contributed by atoms with E-state index in [1.807, 2.05) is 35.2 Å². The minimum absolute atomic E-state index is 0.0375. The molecule has 0 spiro atoms. The summed E-state index contributed by atoms with van der Waals surface area (Å²) >= 11 is 6.28. The van der Waals surface area contributed by atoms with E-state index >= 15 is 0 Å². The zero-order valence-corrected chi connectivity index (χ0v) is 26.5. The molecule has 0 bridgehead atoms. The third-order valence-electron chi connectivity index (χ3n) is 9.11. The summed E-state index contributed by atoms with van der Waals surface area (Å²) in [7, 11) is 6.00. The number of hydrogen-bond acceptors (Lipinski definition) is 5. The summed E-state index contributed by atoms with van der Waals surface area (Å²) in [4.78, 5) is 20.7. The molecule has 7 heteroatoms. The predicted octanol–water partition coefficient (Wildman–Crippen LogP) is 7.29. The molecule has 3 atom stereocenters. The van der Waals surface area contributed by atoms with Gasteiger partial charge in [-0.15, -0.1) is 0 Å². The lowest BCUT2D eigenvalue weighted by Gasteiger charge is -2.39. The summed E-state index contributed by atoms with van der Waals surface area (Å²) in [6.07, 6.45) is 3.58. The van der Waals surface area contributed by atoms with Crippen molar-refractivity contribution >= 4 is 23.2 Å². The van der Waals surface area contributed by atoms with Crippen molar-refractivity contribution < 1.29 is 14.3 Å². The van der Waals surface area contributed by atoms with E-state index in [2.05, 4.69) is 75.0 Å². The van der Waals surface area contributed by atoms with Crippen LogP contribution in [0.4, 0.5) is 5.69 Å². The van der Waals surface area contributed by atoms with Crippen LogP contribution in [0.1, 0.15) is 74.4 Å². The fraction of sp³-hybridized carbons (Fsp3) is 0.457. The molecule has 3 aromatic carbocycles. The molecule has 0 radical (unpaired) electrons. The number of carbonyl (C=O) groups excluding carboxylic acids is 1. The van der Waals surface area contributed by atoms with E-state index in [9.17, 15) is 4.79 Å². The van der Waals surface area contributed by atoms with Crippen LogP contribution in [0.5, 0.6) is 11.5 Å². The van der Waals surface area contributed by atoms with Crippen molar-refractivity contribution in [1.82, 2.24) is 9.80 Å². The van der Waals surface area contributed by atoms with Crippen LogP contribution in [0, 0.1) is 0 Å². The molecule has 42 heavy (non-hydrogen) atoms. The molecule has 3 aromatic rings. The number of piperidine rings is 1. The highest BCUT2D eigenvalue weighted by Crippen LogP contribution is 2.44. The van der Waals surface area contributed by atoms with Crippen LogP contribution in [0.15, 0.2) is 60.7 Å². The van der Waals surface area contributed by atoms with Crippen molar-refractivity contribution in [1.29, 1.82) is 0 Å². The second kappa shape index (κ2) is 13.1. The van der Waals surface area contributed by atoms with E-state index in [1.54, 1.807) is 7.11 Å². The second-order valence-electron chi connectivity index (χ2n) is 11.9. The molecule has 224 valence electrons. The summed E-state index contributed by atoms with van der Waals surface area (Å²) in [6, 6.07) is 21.1. The highest BCUT2D eigenvalue weighted by Gasteiger charge is 2.36. The SMILES string of the molecule is CCC(C)Oc1cc2c(cc1OC)CC(=O)N(c1ccc([C@H](C)N3CCC(N(C)C)CC3)cc1)[C@H]2c1ccc(Cl)cc1. The summed E-state index contributed by atoms with van der Waals surface area (Å²) in [5, 5.41) is 0.663. The lowest BCUT2D eigenvalue weighted by molar-refractivity contribution is -0.118. The van der Waals surface area contributed by atoms with Crippen LogP contribution in [0.25, 0.3) is 0 Å². The van der Waals surface area contributed by atoms with Gasteiger partial charge in [0.1, 0.15) is 0 Å². The Balaban J connectivity index is 1.49. The minimum Gasteiger partial charge on any atom is -0.493 e. The van der Waals surface area contributed by atoms with Crippen LogP contribution >= 0.6 is 11.6 Å². The molecule has 0 aliphatic carbocycles. The van der Waals surface area contributed by atoms with Crippen molar-refractivity contribution in [2.24, 2.45) is 0 Å². The van der Waals surface area contributed by atoms with Gasteiger partial charge >= 0.3 is 0 Å². The molecular weight excluding hydrogens is 546 g/mol. The molecule has 0 saturated carbocycles. The van der Waals surface area contributed by atoms with E-state index in [0.29, 0.717) is 35.0 Å².